The van der Waals surface area contributed by atoms with Gasteiger partial charge in [-0.1, -0.05) is 38.1 Å². The summed E-state index contributed by atoms with van der Waals surface area (Å²) in [4.78, 5) is 12.4. The number of hydrogen-bond donors (Lipinski definition) is 3. The van der Waals surface area contributed by atoms with Crippen molar-refractivity contribution in [2.45, 2.75) is 57.3 Å². The van der Waals surface area contributed by atoms with Crippen LogP contribution in [-0.2, 0) is 16.8 Å². The highest BCUT2D eigenvalue weighted by Crippen LogP contribution is 2.52. The predicted molar refractivity (Wildman–Crippen MR) is 95.2 cm³/mol. The number of carbonyl (C=O) groups excluding carboxylic acids is 1. The summed E-state index contributed by atoms with van der Waals surface area (Å²) >= 11 is 0. The summed E-state index contributed by atoms with van der Waals surface area (Å²) in [7, 11) is 0. The topological polar surface area (TPSA) is 70.6 Å². The summed E-state index contributed by atoms with van der Waals surface area (Å²) in [5.74, 6) is 0.416. The molecule has 1 heterocycles. The molecular formula is C20H28N2O3. The van der Waals surface area contributed by atoms with Crippen LogP contribution in [0.3, 0.4) is 0 Å². The van der Waals surface area contributed by atoms with Crippen LogP contribution in [0.15, 0.2) is 24.3 Å². The molecular weight excluding hydrogens is 316 g/mol. The standard InChI is InChI=1S/C20H28N2O3/c1-19(2)16(14-9-11-25-17(14)19)22-18(23)21-12-20(24)10-5-7-13-6-3-4-8-15(13)20/h3-4,6,8,14,16-17,24H,5,7,9-12H2,1-2H3,(H2,21,22,23). The SMILES string of the molecule is CC1(C)C(NC(=O)NCC2(O)CCCc3ccccc32)C2CCOC21. The molecule has 2 amide bonds. The van der Waals surface area contributed by atoms with Gasteiger partial charge in [-0.2, -0.15) is 0 Å². The minimum absolute atomic E-state index is 0.0349. The molecule has 5 nitrogen and oxygen atoms in total. The second-order valence-corrected chi connectivity index (χ2v) is 8.41. The van der Waals surface area contributed by atoms with Gasteiger partial charge in [-0.15, -0.1) is 0 Å². The van der Waals surface area contributed by atoms with E-state index in [4.69, 9.17) is 4.74 Å². The van der Waals surface area contributed by atoms with E-state index in [0.717, 1.165) is 31.4 Å². The molecule has 1 saturated carbocycles. The van der Waals surface area contributed by atoms with Gasteiger partial charge in [-0.25, -0.2) is 4.79 Å². The number of fused-ring (bicyclic) bond motifs is 2. The normalized spacial score (nSPS) is 35.2. The first kappa shape index (κ1) is 16.9. The van der Waals surface area contributed by atoms with Crippen molar-refractivity contribution in [2.24, 2.45) is 11.3 Å². The minimum atomic E-state index is -0.972. The molecule has 3 aliphatic rings. The fourth-order valence-corrected chi connectivity index (χ4v) is 5.12. The molecule has 5 heteroatoms. The highest BCUT2D eigenvalue weighted by atomic mass is 16.5. The van der Waals surface area contributed by atoms with Gasteiger partial charge in [0.1, 0.15) is 5.60 Å². The Kier molecular flexibility index (Phi) is 4.04. The highest BCUT2D eigenvalue weighted by Gasteiger charge is 2.59. The monoisotopic (exact) mass is 344 g/mol. The predicted octanol–water partition coefficient (Wildman–Crippen LogP) is 2.32. The van der Waals surface area contributed by atoms with E-state index < -0.39 is 5.60 Å². The molecule has 1 aromatic carbocycles. The Morgan fingerprint density at radius 3 is 3.00 bits per heavy atom. The van der Waals surface area contributed by atoms with E-state index in [1.54, 1.807) is 0 Å². The van der Waals surface area contributed by atoms with Gasteiger partial charge in [0.15, 0.2) is 0 Å². The van der Waals surface area contributed by atoms with Crippen LogP contribution in [0.5, 0.6) is 0 Å². The van der Waals surface area contributed by atoms with Crippen molar-refractivity contribution in [2.75, 3.05) is 13.2 Å². The maximum atomic E-state index is 12.4. The van der Waals surface area contributed by atoms with Crippen molar-refractivity contribution in [1.82, 2.24) is 10.6 Å². The van der Waals surface area contributed by atoms with Crippen LogP contribution < -0.4 is 10.6 Å². The lowest BCUT2D eigenvalue weighted by atomic mass is 9.57. The lowest BCUT2D eigenvalue weighted by molar-refractivity contribution is -0.108. The molecule has 3 N–H and O–H groups in total. The summed E-state index contributed by atoms with van der Waals surface area (Å²) in [6.45, 7) is 5.33. The Hall–Kier alpha value is -1.59. The van der Waals surface area contributed by atoms with Crippen LogP contribution in [-0.4, -0.2) is 36.4 Å². The van der Waals surface area contributed by atoms with E-state index in [0.29, 0.717) is 12.3 Å². The summed E-state index contributed by atoms with van der Waals surface area (Å²) in [5.41, 5.74) is 1.13. The van der Waals surface area contributed by atoms with Crippen molar-refractivity contribution in [3.05, 3.63) is 35.4 Å². The van der Waals surface area contributed by atoms with E-state index in [2.05, 4.69) is 30.5 Å². The highest BCUT2D eigenvalue weighted by molar-refractivity contribution is 5.74. The van der Waals surface area contributed by atoms with Gasteiger partial charge in [0, 0.05) is 24.0 Å². The van der Waals surface area contributed by atoms with Gasteiger partial charge in [-0.3, -0.25) is 0 Å². The maximum Gasteiger partial charge on any atom is 0.315 e. The van der Waals surface area contributed by atoms with Crippen LogP contribution in [0, 0.1) is 11.3 Å². The summed E-state index contributed by atoms with van der Waals surface area (Å²) < 4.78 is 5.78. The molecule has 25 heavy (non-hydrogen) atoms. The maximum absolute atomic E-state index is 12.4. The minimum Gasteiger partial charge on any atom is -0.383 e. The number of rotatable bonds is 3. The molecule has 0 aromatic heterocycles. The molecule has 1 aliphatic heterocycles. The Labute approximate surface area is 149 Å². The largest absolute Gasteiger partial charge is 0.383 e. The van der Waals surface area contributed by atoms with E-state index in [9.17, 15) is 9.90 Å². The summed E-state index contributed by atoms with van der Waals surface area (Å²) in [6.07, 6.45) is 3.87. The molecule has 2 fully saturated rings. The van der Waals surface area contributed by atoms with Crippen molar-refractivity contribution >= 4 is 6.03 Å². The second-order valence-electron chi connectivity index (χ2n) is 8.41. The number of benzene rings is 1. The van der Waals surface area contributed by atoms with E-state index in [-0.39, 0.29) is 30.1 Å². The molecule has 0 spiro atoms. The molecule has 136 valence electrons. The summed E-state index contributed by atoms with van der Waals surface area (Å²) in [6, 6.07) is 7.93. The van der Waals surface area contributed by atoms with Gasteiger partial charge in [0.2, 0.25) is 0 Å². The summed E-state index contributed by atoms with van der Waals surface area (Å²) in [5, 5.41) is 17.1. The van der Waals surface area contributed by atoms with Gasteiger partial charge >= 0.3 is 6.03 Å². The molecule has 0 bridgehead atoms. The molecule has 1 aromatic rings. The first-order valence-corrected chi connectivity index (χ1v) is 9.38. The van der Waals surface area contributed by atoms with Crippen LogP contribution in [0.1, 0.15) is 44.2 Å². The van der Waals surface area contributed by atoms with Crippen molar-refractivity contribution in [3.63, 3.8) is 0 Å². The van der Waals surface area contributed by atoms with Crippen LogP contribution in [0.4, 0.5) is 4.79 Å². The van der Waals surface area contributed by atoms with Gasteiger partial charge in [-0.05, 0) is 36.8 Å². The van der Waals surface area contributed by atoms with Crippen LogP contribution >= 0.6 is 0 Å². The Bertz CT molecular complexity index is 675. The van der Waals surface area contributed by atoms with E-state index in [1.165, 1.54) is 5.56 Å². The van der Waals surface area contributed by atoms with Gasteiger partial charge in [0.05, 0.1) is 12.6 Å². The number of ether oxygens (including phenoxy) is 1. The lowest BCUT2D eigenvalue weighted by Crippen LogP contribution is -2.68. The third-order valence-electron chi connectivity index (χ3n) is 6.48. The Balaban J connectivity index is 1.38. The zero-order valence-corrected chi connectivity index (χ0v) is 15.0. The van der Waals surface area contributed by atoms with Crippen molar-refractivity contribution in [1.29, 1.82) is 0 Å². The number of hydrogen-bond acceptors (Lipinski definition) is 3. The Morgan fingerprint density at radius 2 is 2.16 bits per heavy atom. The molecule has 2 aliphatic carbocycles. The first-order valence-electron chi connectivity index (χ1n) is 9.38. The van der Waals surface area contributed by atoms with Crippen LogP contribution in [0.2, 0.25) is 0 Å². The molecule has 4 rings (SSSR count). The number of urea groups is 1. The molecule has 4 atom stereocenters. The third-order valence-corrected chi connectivity index (χ3v) is 6.48. The van der Waals surface area contributed by atoms with E-state index in [1.807, 2.05) is 18.2 Å². The smallest absolute Gasteiger partial charge is 0.315 e. The molecule has 0 radical (unpaired) electrons. The van der Waals surface area contributed by atoms with Gasteiger partial charge in [0.25, 0.3) is 0 Å². The Morgan fingerprint density at radius 1 is 1.36 bits per heavy atom. The van der Waals surface area contributed by atoms with Crippen molar-refractivity contribution < 1.29 is 14.6 Å². The second kappa shape index (κ2) is 5.99. The average Bonchev–Trinajstić information content (AvgIpc) is 3.06. The fraction of sp³-hybridized carbons (Fsp3) is 0.650. The quantitative estimate of drug-likeness (QED) is 0.788. The molecule has 4 unspecified atom stereocenters. The zero-order valence-electron chi connectivity index (χ0n) is 15.0. The van der Waals surface area contributed by atoms with Gasteiger partial charge < -0.3 is 20.5 Å². The molecule has 1 saturated heterocycles. The number of aliphatic hydroxyl groups is 1. The number of amides is 2. The van der Waals surface area contributed by atoms with Crippen molar-refractivity contribution in [3.8, 4) is 0 Å². The van der Waals surface area contributed by atoms with Crippen LogP contribution in [0.25, 0.3) is 0 Å². The average molecular weight is 344 g/mol. The zero-order chi connectivity index (χ0) is 17.7. The first-order chi connectivity index (χ1) is 11.9. The lowest BCUT2D eigenvalue weighted by Gasteiger charge is -2.54. The van der Waals surface area contributed by atoms with E-state index >= 15 is 0 Å². The number of aryl methyl sites for hydroxylation is 1. The third kappa shape index (κ3) is 2.74. The number of nitrogens with one attached hydrogen (secondary N) is 2. The number of carbonyl (C=O) groups is 1. The fourth-order valence-electron chi connectivity index (χ4n) is 5.12.